The minimum Gasteiger partial charge on any atom is -0.383 e. The molecule has 2 unspecified atom stereocenters. The van der Waals surface area contributed by atoms with Crippen LogP contribution in [0.15, 0.2) is 0 Å². The molecule has 0 fully saturated rings. The first-order chi connectivity index (χ1) is 8.51. The molecule has 6 nitrogen and oxygen atoms in total. The summed E-state index contributed by atoms with van der Waals surface area (Å²) in [4.78, 5) is 23.0. The van der Waals surface area contributed by atoms with E-state index in [-0.39, 0.29) is 24.4 Å². The number of amides is 2. The summed E-state index contributed by atoms with van der Waals surface area (Å²) < 4.78 is 4.83. The zero-order valence-corrected chi connectivity index (χ0v) is 11.7. The van der Waals surface area contributed by atoms with Crippen LogP contribution in [0.5, 0.6) is 0 Å². The third-order valence-electron chi connectivity index (χ3n) is 2.59. The van der Waals surface area contributed by atoms with E-state index in [1.165, 1.54) is 0 Å². The van der Waals surface area contributed by atoms with Crippen LogP contribution in [0, 0.1) is 0 Å². The highest BCUT2D eigenvalue weighted by Crippen LogP contribution is 1.87. The lowest BCUT2D eigenvalue weighted by atomic mass is 10.2. The van der Waals surface area contributed by atoms with E-state index in [9.17, 15) is 9.59 Å². The second-order valence-electron chi connectivity index (χ2n) is 4.26. The zero-order valence-electron chi connectivity index (χ0n) is 11.7. The molecule has 0 aromatic carbocycles. The largest absolute Gasteiger partial charge is 0.383 e. The lowest BCUT2D eigenvalue weighted by Gasteiger charge is -2.15. The smallest absolute Gasteiger partial charge is 0.236 e. The first-order valence-corrected chi connectivity index (χ1v) is 6.30. The predicted octanol–water partition coefficient (Wildman–Crippen LogP) is -0.358. The van der Waals surface area contributed by atoms with Crippen molar-refractivity contribution in [3.63, 3.8) is 0 Å². The molecule has 6 heteroatoms. The highest BCUT2D eigenvalue weighted by molar-refractivity contribution is 5.83. The molecule has 0 saturated heterocycles. The average Bonchev–Trinajstić information content (AvgIpc) is 2.35. The van der Waals surface area contributed by atoms with Crippen LogP contribution in [-0.4, -0.2) is 50.7 Å². The van der Waals surface area contributed by atoms with Crippen LogP contribution in [0.4, 0.5) is 0 Å². The number of carbonyl (C=O) groups is 2. The number of carbonyl (C=O) groups excluding carboxylic acids is 2. The molecular formula is C12H25N3O3. The summed E-state index contributed by atoms with van der Waals surface area (Å²) in [5.74, 6) is -0.232. The topological polar surface area (TPSA) is 79.5 Å². The number of hydrogen-bond acceptors (Lipinski definition) is 4. The summed E-state index contributed by atoms with van der Waals surface area (Å²) in [6.07, 6.45) is 0.888. The van der Waals surface area contributed by atoms with Crippen molar-refractivity contribution < 1.29 is 14.3 Å². The summed E-state index contributed by atoms with van der Waals surface area (Å²) in [6.45, 7) is 6.76. The van der Waals surface area contributed by atoms with Crippen LogP contribution in [-0.2, 0) is 14.3 Å². The van der Waals surface area contributed by atoms with Crippen molar-refractivity contribution in [2.24, 2.45) is 0 Å². The molecule has 0 radical (unpaired) electrons. The summed E-state index contributed by atoms with van der Waals surface area (Å²) in [5, 5.41) is 8.40. The van der Waals surface area contributed by atoms with Crippen LogP contribution in [0.2, 0.25) is 0 Å². The summed E-state index contributed by atoms with van der Waals surface area (Å²) in [6, 6.07) is -0.241. The Morgan fingerprint density at radius 2 is 1.94 bits per heavy atom. The Morgan fingerprint density at radius 1 is 1.28 bits per heavy atom. The second-order valence-corrected chi connectivity index (χ2v) is 4.26. The fourth-order valence-corrected chi connectivity index (χ4v) is 1.20. The van der Waals surface area contributed by atoms with E-state index in [1.807, 2.05) is 13.8 Å². The van der Waals surface area contributed by atoms with Crippen molar-refractivity contribution in [2.75, 3.05) is 26.8 Å². The number of ether oxygens (including phenoxy) is 1. The molecule has 0 spiro atoms. The first kappa shape index (κ1) is 16.9. The van der Waals surface area contributed by atoms with Gasteiger partial charge in [0.25, 0.3) is 0 Å². The molecule has 0 aliphatic carbocycles. The lowest BCUT2D eigenvalue weighted by molar-refractivity contribution is -0.123. The molecular weight excluding hydrogens is 234 g/mol. The quantitative estimate of drug-likeness (QED) is 0.494. The molecule has 0 rings (SSSR count). The standard InChI is InChI=1S/C12H25N3O3/c1-5-9(2)15-11(16)8-14-10(3)12(17)13-6-7-18-4/h9-10,14H,5-8H2,1-4H3,(H,13,17)(H,15,16). The summed E-state index contributed by atoms with van der Waals surface area (Å²) in [7, 11) is 1.58. The van der Waals surface area contributed by atoms with Gasteiger partial charge >= 0.3 is 0 Å². The maximum Gasteiger partial charge on any atom is 0.236 e. The number of methoxy groups -OCH3 is 1. The molecule has 0 aliphatic heterocycles. The van der Waals surface area contributed by atoms with E-state index >= 15 is 0 Å². The van der Waals surface area contributed by atoms with Gasteiger partial charge in [0.1, 0.15) is 0 Å². The minimum absolute atomic E-state index is 0.0964. The predicted molar refractivity (Wildman–Crippen MR) is 70.2 cm³/mol. The van der Waals surface area contributed by atoms with Gasteiger partial charge < -0.3 is 15.4 Å². The summed E-state index contributed by atoms with van der Waals surface area (Å²) >= 11 is 0. The van der Waals surface area contributed by atoms with Crippen LogP contribution >= 0.6 is 0 Å². The van der Waals surface area contributed by atoms with E-state index in [0.29, 0.717) is 13.2 Å². The molecule has 106 valence electrons. The minimum atomic E-state index is -0.399. The number of nitrogens with one attached hydrogen (secondary N) is 3. The van der Waals surface area contributed by atoms with Gasteiger partial charge in [-0.15, -0.1) is 0 Å². The van der Waals surface area contributed by atoms with Crippen LogP contribution in [0.1, 0.15) is 27.2 Å². The zero-order chi connectivity index (χ0) is 14.0. The molecule has 0 aromatic heterocycles. The molecule has 0 saturated carbocycles. The van der Waals surface area contributed by atoms with Crippen molar-refractivity contribution >= 4 is 11.8 Å². The molecule has 0 aliphatic rings. The van der Waals surface area contributed by atoms with Crippen molar-refractivity contribution in [3.8, 4) is 0 Å². The number of hydrogen-bond donors (Lipinski definition) is 3. The Kier molecular flexibility index (Phi) is 9.22. The molecule has 0 aromatic rings. The van der Waals surface area contributed by atoms with Crippen LogP contribution in [0.3, 0.4) is 0 Å². The SMILES string of the molecule is CCC(C)NC(=O)CNC(C)C(=O)NCCOC. The van der Waals surface area contributed by atoms with Crippen LogP contribution < -0.4 is 16.0 Å². The van der Waals surface area contributed by atoms with Gasteiger partial charge in [0, 0.05) is 19.7 Å². The van der Waals surface area contributed by atoms with Gasteiger partial charge in [0.2, 0.25) is 11.8 Å². The first-order valence-electron chi connectivity index (χ1n) is 6.30. The van der Waals surface area contributed by atoms with E-state index in [0.717, 1.165) is 6.42 Å². The molecule has 0 bridgehead atoms. The Hall–Kier alpha value is -1.14. The highest BCUT2D eigenvalue weighted by Gasteiger charge is 2.13. The van der Waals surface area contributed by atoms with E-state index < -0.39 is 6.04 Å². The Labute approximate surface area is 109 Å². The fraction of sp³-hybridized carbons (Fsp3) is 0.833. The van der Waals surface area contributed by atoms with E-state index in [2.05, 4.69) is 16.0 Å². The van der Waals surface area contributed by atoms with Gasteiger partial charge in [-0.05, 0) is 20.3 Å². The molecule has 18 heavy (non-hydrogen) atoms. The third kappa shape index (κ3) is 8.03. The van der Waals surface area contributed by atoms with Gasteiger partial charge in [-0.3, -0.25) is 14.9 Å². The van der Waals surface area contributed by atoms with Gasteiger partial charge in [-0.25, -0.2) is 0 Å². The van der Waals surface area contributed by atoms with Crippen molar-refractivity contribution in [3.05, 3.63) is 0 Å². The Bertz CT molecular complexity index is 259. The van der Waals surface area contributed by atoms with Crippen molar-refractivity contribution in [2.45, 2.75) is 39.3 Å². The van der Waals surface area contributed by atoms with Crippen molar-refractivity contribution in [1.82, 2.24) is 16.0 Å². The Balaban J connectivity index is 3.77. The van der Waals surface area contributed by atoms with Crippen molar-refractivity contribution in [1.29, 1.82) is 0 Å². The van der Waals surface area contributed by atoms with Crippen LogP contribution in [0.25, 0.3) is 0 Å². The molecule has 0 heterocycles. The fourth-order valence-electron chi connectivity index (χ4n) is 1.20. The monoisotopic (exact) mass is 259 g/mol. The van der Waals surface area contributed by atoms with Gasteiger partial charge in [0.15, 0.2) is 0 Å². The molecule has 2 atom stereocenters. The van der Waals surface area contributed by atoms with Gasteiger partial charge in [0.05, 0.1) is 19.2 Å². The lowest BCUT2D eigenvalue weighted by Crippen LogP contribution is -2.47. The molecule has 3 N–H and O–H groups in total. The van der Waals surface area contributed by atoms with E-state index in [1.54, 1.807) is 14.0 Å². The maximum atomic E-state index is 11.5. The van der Waals surface area contributed by atoms with Gasteiger partial charge in [-0.2, -0.15) is 0 Å². The summed E-state index contributed by atoms with van der Waals surface area (Å²) in [5.41, 5.74) is 0. The van der Waals surface area contributed by atoms with Gasteiger partial charge in [-0.1, -0.05) is 6.92 Å². The Morgan fingerprint density at radius 3 is 2.50 bits per heavy atom. The van der Waals surface area contributed by atoms with E-state index in [4.69, 9.17) is 4.74 Å². The third-order valence-corrected chi connectivity index (χ3v) is 2.59. The highest BCUT2D eigenvalue weighted by atomic mass is 16.5. The second kappa shape index (κ2) is 9.85. The average molecular weight is 259 g/mol. The molecule has 2 amide bonds. The number of rotatable bonds is 9. The maximum absolute atomic E-state index is 11.5. The normalized spacial score (nSPS) is 13.8.